The van der Waals surface area contributed by atoms with Crippen LogP contribution in [-0.4, -0.2) is 55.5 Å². The van der Waals surface area contributed by atoms with Gasteiger partial charge in [0, 0.05) is 38.2 Å². The average molecular weight is 351 g/mol. The molecule has 4 nitrogen and oxygen atoms in total. The molecule has 0 amide bonds. The van der Waals surface area contributed by atoms with E-state index in [0.717, 1.165) is 30.6 Å². The van der Waals surface area contributed by atoms with Crippen LogP contribution in [0.4, 0.5) is 0 Å². The molecule has 1 heterocycles. The van der Waals surface area contributed by atoms with Crippen molar-refractivity contribution in [2.75, 3.05) is 39.8 Å². The number of aliphatic imine (C=N–C) groups is 1. The number of rotatable bonds is 7. The molecule has 2 rings (SSSR count). The highest BCUT2D eigenvalue weighted by Gasteiger charge is 2.21. The number of benzene rings is 1. The monoisotopic (exact) mass is 350 g/mol. The van der Waals surface area contributed by atoms with E-state index in [4.69, 9.17) is 16.6 Å². The number of guanidine groups is 1. The van der Waals surface area contributed by atoms with Crippen LogP contribution in [0.3, 0.4) is 0 Å². The van der Waals surface area contributed by atoms with Gasteiger partial charge < -0.3 is 15.1 Å². The normalized spacial score (nSPS) is 18.8. The molecule has 1 N–H and O–H groups in total. The summed E-state index contributed by atoms with van der Waals surface area (Å²) in [6.45, 7) is 10.6. The standard InChI is InChI=1S/C19H31ClN4/c1-4-11-24-12-10-17(15-24)13-22-19(21-5-2)23(3)14-16-6-8-18(20)9-7-16/h6-9,17H,4-5,10-15H2,1-3H3,(H,21,22). The van der Waals surface area contributed by atoms with Crippen molar-refractivity contribution in [3.8, 4) is 0 Å². The number of nitrogens with zero attached hydrogens (tertiary/aromatic N) is 3. The fourth-order valence-electron chi connectivity index (χ4n) is 3.21. The van der Waals surface area contributed by atoms with Crippen LogP contribution in [0.15, 0.2) is 29.3 Å². The molecule has 0 saturated carbocycles. The highest BCUT2D eigenvalue weighted by Crippen LogP contribution is 2.17. The molecule has 1 unspecified atom stereocenters. The highest BCUT2D eigenvalue weighted by atomic mass is 35.5. The third kappa shape index (κ3) is 5.99. The average Bonchev–Trinajstić information content (AvgIpc) is 3.01. The van der Waals surface area contributed by atoms with E-state index in [0.29, 0.717) is 5.92 Å². The van der Waals surface area contributed by atoms with Crippen molar-refractivity contribution in [2.45, 2.75) is 33.2 Å². The van der Waals surface area contributed by atoms with Crippen LogP contribution in [0.25, 0.3) is 0 Å². The summed E-state index contributed by atoms with van der Waals surface area (Å²) in [4.78, 5) is 9.63. The van der Waals surface area contributed by atoms with Crippen LogP contribution in [0.2, 0.25) is 5.02 Å². The van der Waals surface area contributed by atoms with Crippen molar-refractivity contribution in [1.82, 2.24) is 15.1 Å². The summed E-state index contributed by atoms with van der Waals surface area (Å²) in [6, 6.07) is 8.02. The molecule has 1 aliphatic rings. The van der Waals surface area contributed by atoms with Gasteiger partial charge >= 0.3 is 0 Å². The zero-order valence-electron chi connectivity index (χ0n) is 15.3. The summed E-state index contributed by atoms with van der Waals surface area (Å²) in [5.74, 6) is 1.68. The number of hydrogen-bond donors (Lipinski definition) is 1. The maximum absolute atomic E-state index is 5.96. The Labute approximate surface area is 151 Å². The Morgan fingerprint density at radius 1 is 1.33 bits per heavy atom. The SMILES string of the molecule is CCCN1CCC(CN=C(NCC)N(C)Cc2ccc(Cl)cc2)C1. The molecule has 1 fully saturated rings. The van der Waals surface area contributed by atoms with Gasteiger partial charge in [0.25, 0.3) is 0 Å². The molecule has 24 heavy (non-hydrogen) atoms. The van der Waals surface area contributed by atoms with Gasteiger partial charge in [-0.25, -0.2) is 0 Å². The van der Waals surface area contributed by atoms with E-state index in [2.05, 4.69) is 48.1 Å². The van der Waals surface area contributed by atoms with Gasteiger partial charge in [0.2, 0.25) is 0 Å². The largest absolute Gasteiger partial charge is 0.357 e. The highest BCUT2D eigenvalue weighted by molar-refractivity contribution is 6.30. The van der Waals surface area contributed by atoms with Crippen molar-refractivity contribution in [1.29, 1.82) is 0 Å². The summed E-state index contributed by atoms with van der Waals surface area (Å²) >= 11 is 5.96. The van der Waals surface area contributed by atoms with Gasteiger partial charge in [0.1, 0.15) is 0 Å². The summed E-state index contributed by atoms with van der Waals surface area (Å²) in [5, 5.41) is 4.19. The Hall–Kier alpha value is -1.26. The van der Waals surface area contributed by atoms with Gasteiger partial charge in [-0.3, -0.25) is 4.99 Å². The molecule has 134 valence electrons. The predicted molar refractivity (Wildman–Crippen MR) is 104 cm³/mol. The maximum Gasteiger partial charge on any atom is 0.193 e. The third-order valence-electron chi connectivity index (χ3n) is 4.44. The van der Waals surface area contributed by atoms with Crippen LogP contribution in [0, 0.1) is 5.92 Å². The lowest BCUT2D eigenvalue weighted by molar-refractivity contribution is 0.326. The molecule has 5 heteroatoms. The zero-order valence-corrected chi connectivity index (χ0v) is 16.0. The van der Waals surface area contributed by atoms with Crippen molar-refractivity contribution >= 4 is 17.6 Å². The van der Waals surface area contributed by atoms with Gasteiger partial charge in [-0.15, -0.1) is 0 Å². The van der Waals surface area contributed by atoms with Crippen molar-refractivity contribution < 1.29 is 0 Å². The minimum absolute atomic E-state index is 0.689. The fraction of sp³-hybridized carbons (Fsp3) is 0.632. The van der Waals surface area contributed by atoms with Crippen LogP contribution in [0.5, 0.6) is 0 Å². The lowest BCUT2D eigenvalue weighted by Crippen LogP contribution is -2.39. The summed E-state index contributed by atoms with van der Waals surface area (Å²) in [5.41, 5.74) is 1.24. The van der Waals surface area contributed by atoms with E-state index in [9.17, 15) is 0 Å². The van der Waals surface area contributed by atoms with Crippen LogP contribution in [-0.2, 0) is 6.54 Å². The van der Waals surface area contributed by atoms with Gasteiger partial charge in [0.05, 0.1) is 0 Å². The molecule has 1 aliphatic heterocycles. The Bertz CT molecular complexity index is 515. The summed E-state index contributed by atoms with van der Waals surface area (Å²) in [6.07, 6.45) is 2.51. The molecule has 1 aromatic rings. The molecular formula is C19H31ClN4. The number of hydrogen-bond acceptors (Lipinski definition) is 2. The molecule has 1 atom stereocenters. The quantitative estimate of drug-likeness (QED) is 0.603. The molecule has 0 bridgehead atoms. The minimum Gasteiger partial charge on any atom is -0.357 e. The second-order valence-electron chi connectivity index (χ2n) is 6.63. The molecule has 0 radical (unpaired) electrons. The Morgan fingerprint density at radius 2 is 2.08 bits per heavy atom. The van der Waals surface area contributed by atoms with E-state index < -0.39 is 0 Å². The first-order valence-corrected chi connectivity index (χ1v) is 9.46. The van der Waals surface area contributed by atoms with Gasteiger partial charge in [-0.1, -0.05) is 30.7 Å². The van der Waals surface area contributed by atoms with Crippen molar-refractivity contribution in [2.24, 2.45) is 10.9 Å². The lowest BCUT2D eigenvalue weighted by Gasteiger charge is -2.23. The number of nitrogens with one attached hydrogen (secondary N) is 1. The van der Waals surface area contributed by atoms with Crippen LogP contribution >= 0.6 is 11.6 Å². The van der Waals surface area contributed by atoms with Crippen molar-refractivity contribution in [3.05, 3.63) is 34.9 Å². The maximum atomic E-state index is 5.96. The Kier molecular flexibility index (Phi) is 7.86. The summed E-state index contributed by atoms with van der Waals surface area (Å²) in [7, 11) is 2.09. The Morgan fingerprint density at radius 3 is 2.75 bits per heavy atom. The molecule has 1 aromatic carbocycles. The predicted octanol–water partition coefficient (Wildman–Crippen LogP) is 3.47. The molecule has 1 saturated heterocycles. The van der Waals surface area contributed by atoms with Gasteiger partial charge in [-0.05, 0) is 56.5 Å². The molecule has 0 spiro atoms. The van der Waals surface area contributed by atoms with Gasteiger partial charge in [0.15, 0.2) is 5.96 Å². The second-order valence-corrected chi connectivity index (χ2v) is 7.07. The van der Waals surface area contributed by atoms with Crippen molar-refractivity contribution in [3.63, 3.8) is 0 Å². The topological polar surface area (TPSA) is 30.9 Å². The molecule has 0 aromatic heterocycles. The lowest BCUT2D eigenvalue weighted by atomic mass is 10.1. The fourth-order valence-corrected chi connectivity index (χ4v) is 3.33. The van der Waals surface area contributed by atoms with Crippen LogP contribution in [0.1, 0.15) is 32.3 Å². The second kappa shape index (κ2) is 9.90. The van der Waals surface area contributed by atoms with E-state index in [1.807, 2.05) is 12.1 Å². The van der Waals surface area contributed by atoms with E-state index >= 15 is 0 Å². The van der Waals surface area contributed by atoms with Gasteiger partial charge in [-0.2, -0.15) is 0 Å². The smallest absolute Gasteiger partial charge is 0.193 e. The Balaban J connectivity index is 1.91. The molecule has 0 aliphatic carbocycles. The molecular weight excluding hydrogens is 320 g/mol. The van der Waals surface area contributed by atoms with E-state index in [1.54, 1.807) is 0 Å². The van der Waals surface area contributed by atoms with E-state index in [-0.39, 0.29) is 0 Å². The summed E-state index contributed by atoms with van der Waals surface area (Å²) < 4.78 is 0. The van der Waals surface area contributed by atoms with E-state index in [1.165, 1.54) is 38.0 Å². The first kappa shape index (κ1) is 19.1. The third-order valence-corrected chi connectivity index (χ3v) is 4.69. The zero-order chi connectivity index (χ0) is 17.4. The minimum atomic E-state index is 0.689. The number of halogens is 1. The first-order chi connectivity index (χ1) is 11.6. The van der Waals surface area contributed by atoms with Crippen LogP contribution < -0.4 is 5.32 Å². The first-order valence-electron chi connectivity index (χ1n) is 9.08. The number of likely N-dealkylation sites (tertiary alicyclic amines) is 1.